The SMILES string of the molecule is O=C(O)CCC1NC2(C(=O)Nc3ccccc32)C2C(=O)N(c3cccc(Br)c3)C(=O)C12. The Hall–Kier alpha value is -3.04. The van der Waals surface area contributed by atoms with Crippen molar-refractivity contribution >= 4 is 51.0 Å². The molecule has 0 radical (unpaired) electrons. The van der Waals surface area contributed by atoms with Gasteiger partial charge in [0, 0.05) is 28.2 Å². The molecule has 2 saturated heterocycles. The third kappa shape index (κ3) is 2.76. The summed E-state index contributed by atoms with van der Waals surface area (Å²) in [6.07, 6.45) is -0.0579. The maximum absolute atomic E-state index is 13.7. The van der Waals surface area contributed by atoms with E-state index in [1.54, 1.807) is 48.5 Å². The first-order chi connectivity index (χ1) is 14.8. The Morgan fingerprint density at radius 2 is 1.87 bits per heavy atom. The average Bonchev–Trinajstić information content (AvgIpc) is 3.31. The molecule has 0 aromatic heterocycles. The Balaban J connectivity index is 1.65. The number of hydrogen-bond acceptors (Lipinski definition) is 5. The van der Waals surface area contributed by atoms with E-state index in [0.29, 0.717) is 21.4 Å². The van der Waals surface area contributed by atoms with Crippen LogP contribution in [0.15, 0.2) is 53.0 Å². The summed E-state index contributed by atoms with van der Waals surface area (Å²) in [5, 5.41) is 15.2. The summed E-state index contributed by atoms with van der Waals surface area (Å²) < 4.78 is 0.710. The second-order valence-corrected chi connectivity index (χ2v) is 8.90. The molecule has 0 bridgehead atoms. The Kier molecular flexibility index (Phi) is 4.49. The summed E-state index contributed by atoms with van der Waals surface area (Å²) in [5.74, 6) is -4.12. The number of carbonyl (C=O) groups is 4. The molecule has 2 aromatic carbocycles. The number of carboxylic acids is 1. The Morgan fingerprint density at radius 3 is 2.61 bits per heavy atom. The monoisotopic (exact) mass is 483 g/mol. The molecule has 0 aliphatic carbocycles. The largest absolute Gasteiger partial charge is 0.481 e. The van der Waals surface area contributed by atoms with Crippen LogP contribution in [0.3, 0.4) is 0 Å². The molecule has 3 aliphatic rings. The summed E-state index contributed by atoms with van der Waals surface area (Å²) >= 11 is 3.36. The van der Waals surface area contributed by atoms with E-state index in [0.717, 1.165) is 4.90 Å². The lowest BCUT2D eigenvalue weighted by Gasteiger charge is -2.29. The number of nitrogens with zero attached hydrogens (tertiary/aromatic N) is 1. The molecule has 4 atom stereocenters. The van der Waals surface area contributed by atoms with Crippen LogP contribution in [0.2, 0.25) is 0 Å². The fourth-order valence-corrected chi connectivity index (χ4v) is 5.54. The third-order valence-electron chi connectivity index (χ3n) is 6.36. The molecular weight excluding hydrogens is 466 g/mol. The van der Waals surface area contributed by atoms with Crippen LogP contribution in [0, 0.1) is 11.8 Å². The predicted octanol–water partition coefficient (Wildman–Crippen LogP) is 2.24. The van der Waals surface area contributed by atoms with Gasteiger partial charge in [-0.1, -0.05) is 40.2 Å². The number of benzene rings is 2. The van der Waals surface area contributed by atoms with Crippen LogP contribution in [-0.2, 0) is 24.7 Å². The fraction of sp³-hybridized carbons (Fsp3) is 0.273. The van der Waals surface area contributed by atoms with E-state index in [1.807, 2.05) is 0 Å². The summed E-state index contributed by atoms with van der Waals surface area (Å²) in [7, 11) is 0. The van der Waals surface area contributed by atoms with Crippen molar-refractivity contribution in [3.05, 3.63) is 58.6 Å². The minimum Gasteiger partial charge on any atom is -0.481 e. The summed E-state index contributed by atoms with van der Waals surface area (Å²) in [6, 6.07) is 13.3. The van der Waals surface area contributed by atoms with Crippen molar-refractivity contribution in [2.24, 2.45) is 11.8 Å². The number of carbonyl (C=O) groups excluding carboxylic acids is 3. The molecule has 2 fully saturated rings. The summed E-state index contributed by atoms with van der Waals surface area (Å²) in [4.78, 5) is 52.8. The van der Waals surface area contributed by atoms with E-state index in [2.05, 4.69) is 26.6 Å². The van der Waals surface area contributed by atoms with Crippen LogP contribution in [0.25, 0.3) is 0 Å². The highest BCUT2D eigenvalue weighted by molar-refractivity contribution is 9.10. The van der Waals surface area contributed by atoms with E-state index in [9.17, 15) is 24.3 Å². The predicted molar refractivity (Wildman–Crippen MR) is 114 cm³/mol. The highest BCUT2D eigenvalue weighted by Gasteiger charge is 2.70. The second kappa shape index (κ2) is 7.00. The smallest absolute Gasteiger partial charge is 0.303 e. The number of carboxylic acid groups (broad SMARTS) is 1. The van der Waals surface area contributed by atoms with Crippen LogP contribution < -0.4 is 15.5 Å². The molecule has 0 saturated carbocycles. The molecule has 9 heteroatoms. The number of anilines is 2. The average molecular weight is 484 g/mol. The van der Waals surface area contributed by atoms with E-state index >= 15 is 0 Å². The molecular formula is C22H18BrN3O5. The molecule has 5 rings (SSSR count). The lowest BCUT2D eigenvalue weighted by Crippen LogP contribution is -2.53. The van der Waals surface area contributed by atoms with Gasteiger partial charge in [-0.15, -0.1) is 0 Å². The van der Waals surface area contributed by atoms with Gasteiger partial charge in [-0.2, -0.15) is 0 Å². The first-order valence-corrected chi connectivity index (χ1v) is 10.7. The van der Waals surface area contributed by atoms with E-state index in [1.165, 1.54) is 0 Å². The molecule has 2 aromatic rings. The highest BCUT2D eigenvalue weighted by Crippen LogP contribution is 2.54. The normalized spacial score (nSPS) is 28.7. The van der Waals surface area contributed by atoms with Crippen LogP contribution in [0.1, 0.15) is 18.4 Å². The van der Waals surface area contributed by atoms with Gasteiger partial charge in [0.2, 0.25) is 17.7 Å². The van der Waals surface area contributed by atoms with Crippen molar-refractivity contribution in [2.75, 3.05) is 10.2 Å². The molecule has 3 N–H and O–H groups in total. The highest BCUT2D eigenvalue weighted by atomic mass is 79.9. The molecule has 31 heavy (non-hydrogen) atoms. The van der Waals surface area contributed by atoms with E-state index < -0.39 is 47.1 Å². The number of imide groups is 1. The van der Waals surface area contributed by atoms with Gasteiger partial charge in [-0.05, 0) is 30.7 Å². The maximum atomic E-state index is 13.7. The van der Waals surface area contributed by atoms with E-state index in [4.69, 9.17) is 0 Å². The summed E-state index contributed by atoms with van der Waals surface area (Å²) in [5.41, 5.74) is 0.180. The number of hydrogen-bond donors (Lipinski definition) is 3. The Bertz CT molecular complexity index is 1150. The van der Waals surface area contributed by atoms with Crippen molar-refractivity contribution < 1.29 is 24.3 Å². The third-order valence-corrected chi connectivity index (χ3v) is 6.85. The zero-order valence-electron chi connectivity index (χ0n) is 16.2. The lowest BCUT2D eigenvalue weighted by molar-refractivity contribution is -0.137. The Morgan fingerprint density at radius 1 is 1.10 bits per heavy atom. The fourth-order valence-electron chi connectivity index (χ4n) is 5.16. The van der Waals surface area contributed by atoms with Gasteiger partial charge in [0.25, 0.3) is 0 Å². The van der Waals surface area contributed by atoms with Crippen molar-refractivity contribution in [1.82, 2.24) is 5.32 Å². The molecule has 3 amide bonds. The van der Waals surface area contributed by atoms with Gasteiger partial charge in [-0.3, -0.25) is 24.5 Å². The summed E-state index contributed by atoms with van der Waals surface area (Å²) in [6.45, 7) is 0. The van der Waals surface area contributed by atoms with Gasteiger partial charge in [0.15, 0.2) is 0 Å². The van der Waals surface area contributed by atoms with E-state index in [-0.39, 0.29) is 12.8 Å². The molecule has 3 heterocycles. The van der Waals surface area contributed by atoms with Crippen LogP contribution in [-0.4, -0.2) is 34.8 Å². The van der Waals surface area contributed by atoms with Crippen LogP contribution in [0.5, 0.6) is 0 Å². The van der Waals surface area contributed by atoms with Crippen molar-refractivity contribution in [3.8, 4) is 0 Å². The van der Waals surface area contributed by atoms with Gasteiger partial charge in [0.05, 0.1) is 17.5 Å². The zero-order valence-corrected chi connectivity index (χ0v) is 17.8. The van der Waals surface area contributed by atoms with Gasteiger partial charge in [-0.25, -0.2) is 4.90 Å². The Labute approximate surface area is 185 Å². The first kappa shape index (κ1) is 19.9. The topological polar surface area (TPSA) is 116 Å². The molecule has 4 unspecified atom stereocenters. The molecule has 3 aliphatic heterocycles. The molecule has 8 nitrogen and oxygen atoms in total. The van der Waals surface area contributed by atoms with Crippen molar-refractivity contribution in [1.29, 1.82) is 0 Å². The standard InChI is InChI=1S/C22H18BrN3O5/c23-11-4-3-5-12(10-11)26-19(29)17-15(8-9-16(27)28)25-22(18(17)20(26)30)13-6-1-2-7-14(13)24-21(22)31/h1-7,10,15,17-18,25H,8-9H2,(H,24,31)(H,27,28). The minimum absolute atomic E-state index is 0.124. The van der Waals surface area contributed by atoms with Crippen molar-refractivity contribution in [3.63, 3.8) is 0 Å². The number of rotatable bonds is 4. The number of fused-ring (bicyclic) bond motifs is 4. The van der Waals surface area contributed by atoms with Crippen molar-refractivity contribution in [2.45, 2.75) is 24.4 Å². The van der Waals surface area contributed by atoms with Crippen LogP contribution >= 0.6 is 15.9 Å². The lowest BCUT2D eigenvalue weighted by atomic mass is 9.76. The molecule has 158 valence electrons. The van der Waals surface area contributed by atoms with Crippen LogP contribution in [0.4, 0.5) is 11.4 Å². The number of para-hydroxylation sites is 1. The maximum Gasteiger partial charge on any atom is 0.303 e. The number of aliphatic carboxylic acids is 1. The quantitative estimate of drug-likeness (QED) is 0.574. The molecule has 1 spiro atoms. The van der Waals surface area contributed by atoms with Gasteiger partial charge >= 0.3 is 5.97 Å². The first-order valence-electron chi connectivity index (χ1n) is 9.88. The number of halogens is 1. The number of nitrogens with one attached hydrogen (secondary N) is 2. The number of amides is 3. The van der Waals surface area contributed by atoms with Gasteiger partial charge in [0.1, 0.15) is 5.54 Å². The van der Waals surface area contributed by atoms with Gasteiger partial charge < -0.3 is 10.4 Å². The zero-order chi connectivity index (χ0) is 21.9. The second-order valence-electron chi connectivity index (χ2n) is 7.99. The minimum atomic E-state index is -1.42.